The first-order valence-corrected chi connectivity index (χ1v) is 5.92. The Bertz CT molecular complexity index is 433. The molecule has 0 spiro atoms. The summed E-state index contributed by atoms with van der Waals surface area (Å²) in [4.78, 5) is 11.2. The molecule has 0 aliphatic heterocycles. The molecule has 1 unspecified atom stereocenters. The van der Waals surface area contributed by atoms with Gasteiger partial charge in [-0.05, 0) is 36.9 Å². The maximum Gasteiger partial charge on any atom is 0.325 e. The zero-order valence-electron chi connectivity index (χ0n) is 9.77. The molecule has 3 nitrogen and oxygen atoms in total. The Morgan fingerprint density at radius 1 is 1.39 bits per heavy atom. The standard InChI is InChI=1S/C13H15F2NO2/c14-12(15)10-3-1-2-9(6-10)11(13(17)18)16-7-8-4-5-8/h1-3,6,8,11-12,16H,4-5,7H2,(H,17,18). The highest BCUT2D eigenvalue weighted by molar-refractivity contribution is 5.75. The molecule has 1 saturated carbocycles. The van der Waals surface area contributed by atoms with E-state index in [-0.39, 0.29) is 5.56 Å². The maximum atomic E-state index is 12.6. The maximum absolute atomic E-state index is 12.6. The SMILES string of the molecule is O=C(O)C(NCC1CC1)c1cccc(C(F)F)c1. The molecule has 1 aromatic carbocycles. The Hall–Kier alpha value is -1.49. The van der Waals surface area contributed by atoms with Crippen LogP contribution in [0.1, 0.15) is 36.4 Å². The minimum absolute atomic E-state index is 0.146. The van der Waals surface area contributed by atoms with Crippen LogP contribution in [0.2, 0.25) is 0 Å². The van der Waals surface area contributed by atoms with Crippen LogP contribution in [0, 0.1) is 5.92 Å². The lowest BCUT2D eigenvalue weighted by atomic mass is 10.0. The van der Waals surface area contributed by atoms with Gasteiger partial charge in [-0.25, -0.2) is 8.78 Å². The zero-order valence-corrected chi connectivity index (χ0v) is 9.77. The number of rotatable bonds is 6. The molecule has 98 valence electrons. The average Bonchev–Trinajstić information content (AvgIpc) is 3.13. The van der Waals surface area contributed by atoms with E-state index in [1.807, 2.05) is 0 Å². The van der Waals surface area contributed by atoms with Crippen LogP contribution in [0.25, 0.3) is 0 Å². The molecular formula is C13H15F2NO2. The summed E-state index contributed by atoms with van der Waals surface area (Å²) in [6.07, 6.45) is -0.366. The lowest BCUT2D eigenvalue weighted by Crippen LogP contribution is -2.30. The molecule has 1 aliphatic carbocycles. The van der Waals surface area contributed by atoms with Crippen LogP contribution in [0.5, 0.6) is 0 Å². The Labute approximate surface area is 104 Å². The van der Waals surface area contributed by atoms with Crippen molar-refractivity contribution in [2.75, 3.05) is 6.54 Å². The highest BCUT2D eigenvalue weighted by atomic mass is 19.3. The Morgan fingerprint density at radius 2 is 2.06 bits per heavy atom. The van der Waals surface area contributed by atoms with Crippen LogP contribution >= 0.6 is 0 Å². The molecule has 0 radical (unpaired) electrons. The van der Waals surface area contributed by atoms with Gasteiger partial charge >= 0.3 is 5.97 Å². The summed E-state index contributed by atoms with van der Waals surface area (Å²) in [5, 5.41) is 12.1. The van der Waals surface area contributed by atoms with Crippen LogP contribution in [-0.2, 0) is 4.79 Å². The van der Waals surface area contributed by atoms with Crippen LogP contribution in [-0.4, -0.2) is 17.6 Å². The number of benzene rings is 1. The molecule has 0 saturated heterocycles. The van der Waals surface area contributed by atoms with Crippen molar-refractivity contribution < 1.29 is 18.7 Å². The van der Waals surface area contributed by atoms with Gasteiger partial charge in [0.25, 0.3) is 6.43 Å². The summed E-state index contributed by atoms with van der Waals surface area (Å²) in [6, 6.07) is 4.66. The summed E-state index contributed by atoms with van der Waals surface area (Å²) in [6.45, 7) is 0.621. The monoisotopic (exact) mass is 255 g/mol. The highest BCUT2D eigenvalue weighted by Gasteiger charge is 2.26. The first-order chi connectivity index (χ1) is 8.58. The van der Waals surface area contributed by atoms with E-state index in [0.29, 0.717) is 18.0 Å². The largest absolute Gasteiger partial charge is 0.480 e. The molecule has 1 aromatic rings. The topological polar surface area (TPSA) is 49.3 Å². The van der Waals surface area contributed by atoms with Gasteiger partial charge < -0.3 is 10.4 Å². The Morgan fingerprint density at radius 3 is 2.61 bits per heavy atom. The van der Waals surface area contributed by atoms with Crippen LogP contribution in [0.4, 0.5) is 8.78 Å². The lowest BCUT2D eigenvalue weighted by molar-refractivity contribution is -0.139. The quantitative estimate of drug-likeness (QED) is 0.821. The lowest BCUT2D eigenvalue weighted by Gasteiger charge is -2.15. The van der Waals surface area contributed by atoms with E-state index in [1.165, 1.54) is 18.2 Å². The number of nitrogens with one attached hydrogen (secondary N) is 1. The van der Waals surface area contributed by atoms with Crippen molar-refractivity contribution in [1.29, 1.82) is 0 Å². The third kappa shape index (κ3) is 3.26. The predicted octanol–water partition coefficient (Wildman–Crippen LogP) is 2.75. The van der Waals surface area contributed by atoms with Crippen molar-refractivity contribution in [2.24, 2.45) is 5.92 Å². The van der Waals surface area contributed by atoms with Gasteiger partial charge in [0, 0.05) is 5.56 Å². The average molecular weight is 255 g/mol. The number of alkyl halides is 2. The van der Waals surface area contributed by atoms with E-state index in [2.05, 4.69) is 5.32 Å². The third-order valence-corrected chi connectivity index (χ3v) is 3.05. The Kier molecular flexibility index (Phi) is 3.91. The predicted molar refractivity (Wildman–Crippen MR) is 62.5 cm³/mol. The van der Waals surface area contributed by atoms with Gasteiger partial charge in [0.2, 0.25) is 0 Å². The van der Waals surface area contributed by atoms with Crippen LogP contribution < -0.4 is 5.32 Å². The number of hydrogen-bond donors (Lipinski definition) is 2. The fourth-order valence-corrected chi connectivity index (χ4v) is 1.83. The molecule has 0 aromatic heterocycles. The number of carboxylic acids is 1. The Balaban J connectivity index is 2.12. The summed E-state index contributed by atoms with van der Waals surface area (Å²) in [5.74, 6) is -0.507. The first kappa shape index (κ1) is 13.0. The van der Waals surface area contributed by atoms with Gasteiger partial charge in [-0.3, -0.25) is 4.79 Å². The fraction of sp³-hybridized carbons (Fsp3) is 0.462. The molecule has 0 bridgehead atoms. The number of halogens is 2. The van der Waals surface area contributed by atoms with E-state index >= 15 is 0 Å². The van der Waals surface area contributed by atoms with E-state index in [4.69, 9.17) is 5.11 Å². The number of carboxylic acid groups (broad SMARTS) is 1. The van der Waals surface area contributed by atoms with Gasteiger partial charge in [0.15, 0.2) is 0 Å². The molecule has 2 rings (SSSR count). The smallest absolute Gasteiger partial charge is 0.325 e. The summed E-state index contributed by atoms with van der Waals surface area (Å²) in [7, 11) is 0. The normalized spacial score (nSPS) is 16.8. The van der Waals surface area contributed by atoms with E-state index < -0.39 is 18.4 Å². The van der Waals surface area contributed by atoms with Crippen molar-refractivity contribution in [2.45, 2.75) is 25.3 Å². The summed E-state index contributed by atoms with van der Waals surface area (Å²) < 4.78 is 25.1. The van der Waals surface area contributed by atoms with Crippen LogP contribution in [0.3, 0.4) is 0 Å². The van der Waals surface area contributed by atoms with Crippen molar-refractivity contribution in [3.63, 3.8) is 0 Å². The van der Waals surface area contributed by atoms with Gasteiger partial charge in [-0.1, -0.05) is 18.2 Å². The second-order valence-electron chi connectivity index (χ2n) is 4.59. The first-order valence-electron chi connectivity index (χ1n) is 5.92. The van der Waals surface area contributed by atoms with Crippen molar-refractivity contribution in [3.8, 4) is 0 Å². The molecular weight excluding hydrogens is 240 g/mol. The molecule has 1 atom stereocenters. The van der Waals surface area contributed by atoms with Gasteiger partial charge in [0.1, 0.15) is 6.04 Å². The summed E-state index contributed by atoms with van der Waals surface area (Å²) >= 11 is 0. The minimum Gasteiger partial charge on any atom is -0.480 e. The molecule has 1 aliphatic rings. The van der Waals surface area contributed by atoms with Crippen molar-refractivity contribution in [3.05, 3.63) is 35.4 Å². The van der Waals surface area contributed by atoms with Crippen molar-refractivity contribution in [1.82, 2.24) is 5.32 Å². The molecule has 1 fully saturated rings. The molecule has 0 heterocycles. The van der Waals surface area contributed by atoms with Gasteiger partial charge in [-0.15, -0.1) is 0 Å². The van der Waals surface area contributed by atoms with E-state index in [9.17, 15) is 13.6 Å². The molecule has 0 amide bonds. The molecule has 5 heteroatoms. The van der Waals surface area contributed by atoms with Crippen LogP contribution in [0.15, 0.2) is 24.3 Å². The zero-order chi connectivity index (χ0) is 13.1. The number of carbonyl (C=O) groups is 1. The fourth-order valence-electron chi connectivity index (χ4n) is 1.83. The summed E-state index contributed by atoms with van der Waals surface area (Å²) in [5.41, 5.74) is 0.230. The van der Waals surface area contributed by atoms with Gasteiger partial charge in [-0.2, -0.15) is 0 Å². The second kappa shape index (κ2) is 5.44. The van der Waals surface area contributed by atoms with E-state index in [0.717, 1.165) is 12.8 Å². The molecule has 18 heavy (non-hydrogen) atoms. The third-order valence-electron chi connectivity index (χ3n) is 3.05. The number of aliphatic carboxylic acids is 1. The minimum atomic E-state index is -2.58. The van der Waals surface area contributed by atoms with Gasteiger partial charge in [0.05, 0.1) is 0 Å². The number of hydrogen-bond acceptors (Lipinski definition) is 2. The van der Waals surface area contributed by atoms with Crippen molar-refractivity contribution >= 4 is 5.97 Å². The second-order valence-corrected chi connectivity index (χ2v) is 4.59. The van der Waals surface area contributed by atoms with E-state index in [1.54, 1.807) is 6.07 Å². The molecule has 2 N–H and O–H groups in total. The highest BCUT2D eigenvalue weighted by Crippen LogP contribution is 2.29.